The molecule has 3 aromatic carbocycles. The molecule has 3 aromatic rings. The van der Waals surface area contributed by atoms with E-state index in [0.717, 1.165) is 0 Å². The zero-order valence-electron chi connectivity index (χ0n) is 18.0. The zero-order chi connectivity index (χ0) is 20.1. The third kappa shape index (κ3) is 2.76. The van der Waals surface area contributed by atoms with Crippen molar-refractivity contribution in [1.82, 2.24) is 0 Å². The molecule has 0 amide bonds. The molecule has 1 aliphatic carbocycles. The molecule has 0 unspecified atom stereocenters. The topological polar surface area (TPSA) is 3.24 Å². The van der Waals surface area contributed by atoms with Gasteiger partial charge in [0.2, 0.25) is 0 Å². The summed E-state index contributed by atoms with van der Waals surface area (Å²) in [6, 6.07) is 24.8. The number of para-hydroxylation sites is 1. The molecule has 0 bridgehead atoms. The second kappa shape index (κ2) is 6.81. The fraction of sp³-hybridized carbons (Fsp3) is 0.333. The second-order valence-corrected chi connectivity index (χ2v) is 9.05. The summed E-state index contributed by atoms with van der Waals surface area (Å²) >= 11 is 0. The van der Waals surface area contributed by atoms with Crippen LogP contribution in [0.2, 0.25) is 0 Å². The van der Waals surface area contributed by atoms with Crippen molar-refractivity contribution >= 4 is 11.4 Å². The van der Waals surface area contributed by atoms with Crippen molar-refractivity contribution in [1.29, 1.82) is 0 Å². The van der Waals surface area contributed by atoms with E-state index in [1.54, 1.807) is 0 Å². The highest BCUT2D eigenvalue weighted by Crippen LogP contribution is 2.53. The Morgan fingerprint density at radius 3 is 2.00 bits per heavy atom. The van der Waals surface area contributed by atoms with Crippen LogP contribution in [0.1, 0.15) is 64.2 Å². The van der Waals surface area contributed by atoms with E-state index in [4.69, 9.17) is 0 Å². The largest absolute Gasteiger partial charge is 0.339 e. The van der Waals surface area contributed by atoms with E-state index in [-0.39, 0.29) is 5.41 Å². The van der Waals surface area contributed by atoms with Gasteiger partial charge in [0, 0.05) is 22.8 Å². The van der Waals surface area contributed by atoms with Gasteiger partial charge in [0.25, 0.3) is 0 Å². The smallest absolute Gasteiger partial charge is 0.0454 e. The van der Waals surface area contributed by atoms with Gasteiger partial charge >= 0.3 is 0 Å². The van der Waals surface area contributed by atoms with Crippen LogP contribution in [0.5, 0.6) is 0 Å². The number of anilines is 2. The molecule has 0 heterocycles. The van der Waals surface area contributed by atoms with Crippen molar-refractivity contribution in [2.45, 2.75) is 58.9 Å². The Kier molecular flexibility index (Phi) is 4.57. The predicted molar refractivity (Wildman–Crippen MR) is 122 cm³/mol. The molecule has 28 heavy (non-hydrogen) atoms. The van der Waals surface area contributed by atoms with Crippen LogP contribution >= 0.6 is 0 Å². The maximum atomic E-state index is 2.49. The molecule has 0 saturated heterocycles. The molecule has 0 aliphatic heterocycles. The van der Waals surface area contributed by atoms with E-state index in [9.17, 15) is 0 Å². The van der Waals surface area contributed by atoms with Gasteiger partial charge in [-0.1, -0.05) is 76.2 Å². The van der Waals surface area contributed by atoms with Crippen molar-refractivity contribution in [3.8, 4) is 11.1 Å². The van der Waals surface area contributed by atoms with E-state index in [1.165, 1.54) is 39.2 Å². The quantitative estimate of drug-likeness (QED) is 0.456. The lowest BCUT2D eigenvalue weighted by molar-refractivity contribution is 0.659. The van der Waals surface area contributed by atoms with Gasteiger partial charge in [0.1, 0.15) is 0 Å². The minimum absolute atomic E-state index is 0.0451. The maximum absolute atomic E-state index is 2.49. The first-order valence-electron chi connectivity index (χ1n) is 10.5. The Hall–Kier alpha value is -2.54. The average molecular weight is 370 g/mol. The minimum Gasteiger partial charge on any atom is -0.339 e. The average Bonchev–Trinajstić information content (AvgIpc) is 2.90. The van der Waals surface area contributed by atoms with E-state index >= 15 is 0 Å². The second-order valence-electron chi connectivity index (χ2n) is 9.05. The van der Waals surface area contributed by atoms with Crippen LogP contribution in [0.3, 0.4) is 0 Å². The van der Waals surface area contributed by atoms with Gasteiger partial charge in [-0.2, -0.15) is 0 Å². The Labute approximate surface area is 170 Å². The summed E-state index contributed by atoms with van der Waals surface area (Å²) in [5.41, 5.74) is 9.86. The lowest BCUT2D eigenvalue weighted by Gasteiger charge is -2.34. The van der Waals surface area contributed by atoms with E-state index in [0.29, 0.717) is 12.0 Å². The van der Waals surface area contributed by atoms with Gasteiger partial charge in [-0.25, -0.2) is 0 Å². The first kappa shape index (κ1) is 18.8. The lowest BCUT2D eigenvalue weighted by Crippen LogP contribution is -2.27. The van der Waals surface area contributed by atoms with Crippen LogP contribution in [0, 0.1) is 0 Å². The van der Waals surface area contributed by atoms with Crippen molar-refractivity contribution in [3.05, 3.63) is 83.4 Å². The molecule has 0 radical (unpaired) electrons. The number of rotatable bonds is 4. The van der Waals surface area contributed by atoms with Gasteiger partial charge in [0.15, 0.2) is 0 Å². The van der Waals surface area contributed by atoms with E-state index in [2.05, 4.69) is 113 Å². The highest BCUT2D eigenvalue weighted by atomic mass is 15.2. The van der Waals surface area contributed by atoms with E-state index < -0.39 is 0 Å². The van der Waals surface area contributed by atoms with Crippen molar-refractivity contribution in [2.75, 3.05) is 4.90 Å². The summed E-state index contributed by atoms with van der Waals surface area (Å²) < 4.78 is 0. The monoisotopic (exact) mass is 369 g/mol. The standard InChI is InChI=1S/C27H31N/c1-18(2)25-24(28(19(3)4)20-12-8-7-9-13-20)17-16-23-26(25)21-14-10-11-15-22(21)27(23,5)6/h7-19H,1-6H3. The molecule has 4 rings (SSSR count). The molecular weight excluding hydrogens is 338 g/mol. The third-order valence-corrected chi connectivity index (χ3v) is 6.15. The van der Waals surface area contributed by atoms with Gasteiger partial charge in [0.05, 0.1) is 0 Å². The molecule has 0 spiro atoms. The Morgan fingerprint density at radius 2 is 1.36 bits per heavy atom. The van der Waals surface area contributed by atoms with Gasteiger partial charge in [-0.3, -0.25) is 0 Å². The minimum atomic E-state index is 0.0451. The predicted octanol–water partition coefficient (Wildman–Crippen LogP) is 7.66. The van der Waals surface area contributed by atoms with Crippen LogP contribution in [-0.4, -0.2) is 6.04 Å². The summed E-state index contributed by atoms with van der Waals surface area (Å²) in [5.74, 6) is 0.442. The number of fused-ring (bicyclic) bond motifs is 3. The Balaban J connectivity index is 2.03. The number of hydrogen-bond donors (Lipinski definition) is 0. The zero-order valence-corrected chi connectivity index (χ0v) is 18.0. The van der Waals surface area contributed by atoms with Crippen LogP contribution in [0.4, 0.5) is 11.4 Å². The SMILES string of the molecule is CC(C)c1c(N(c2ccccc2)C(C)C)ccc2c1-c1ccccc1C2(C)C. The first-order chi connectivity index (χ1) is 13.3. The molecule has 0 saturated carbocycles. The highest BCUT2D eigenvalue weighted by Gasteiger charge is 2.38. The molecule has 0 atom stereocenters. The number of benzene rings is 3. The van der Waals surface area contributed by atoms with Crippen LogP contribution in [-0.2, 0) is 5.41 Å². The molecule has 0 N–H and O–H groups in total. The van der Waals surface area contributed by atoms with Crippen LogP contribution < -0.4 is 4.90 Å². The fourth-order valence-electron chi connectivity index (χ4n) is 4.91. The Bertz CT molecular complexity index is 996. The molecular formula is C27H31N. The number of nitrogens with zero attached hydrogens (tertiary/aromatic N) is 1. The summed E-state index contributed by atoms with van der Waals surface area (Å²) in [5, 5.41) is 0. The molecule has 0 fully saturated rings. The summed E-state index contributed by atoms with van der Waals surface area (Å²) in [6.45, 7) is 13.9. The Morgan fingerprint density at radius 1 is 0.714 bits per heavy atom. The highest BCUT2D eigenvalue weighted by molar-refractivity contribution is 5.88. The fourth-order valence-corrected chi connectivity index (χ4v) is 4.91. The molecule has 1 heteroatoms. The van der Waals surface area contributed by atoms with Crippen molar-refractivity contribution in [2.24, 2.45) is 0 Å². The maximum Gasteiger partial charge on any atom is 0.0454 e. The van der Waals surface area contributed by atoms with Gasteiger partial charge in [-0.05, 0) is 65.8 Å². The van der Waals surface area contributed by atoms with Crippen LogP contribution in [0.15, 0.2) is 66.7 Å². The summed E-state index contributed by atoms with van der Waals surface area (Å²) in [7, 11) is 0. The summed E-state index contributed by atoms with van der Waals surface area (Å²) in [4.78, 5) is 2.49. The van der Waals surface area contributed by atoms with Crippen molar-refractivity contribution < 1.29 is 0 Å². The molecule has 1 aliphatic rings. The molecule has 0 aromatic heterocycles. The molecule has 1 nitrogen and oxygen atoms in total. The van der Waals surface area contributed by atoms with E-state index in [1.807, 2.05) is 0 Å². The number of hydrogen-bond acceptors (Lipinski definition) is 1. The van der Waals surface area contributed by atoms with Gasteiger partial charge < -0.3 is 4.90 Å². The lowest BCUT2D eigenvalue weighted by atomic mass is 9.81. The third-order valence-electron chi connectivity index (χ3n) is 6.15. The normalized spacial score (nSPS) is 14.3. The van der Waals surface area contributed by atoms with Crippen molar-refractivity contribution in [3.63, 3.8) is 0 Å². The van der Waals surface area contributed by atoms with Crippen LogP contribution in [0.25, 0.3) is 11.1 Å². The van der Waals surface area contributed by atoms with Gasteiger partial charge in [-0.15, -0.1) is 0 Å². The molecule has 144 valence electrons. The first-order valence-corrected chi connectivity index (χ1v) is 10.5. The summed E-state index contributed by atoms with van der Waals surface area (Å²) in [6.07, 6.45) is 0.